The fourth-order valence-electron chi connectivity index (χ4n) is 3.30. The van der Waals surface area contributed by atoms with E-state index in [2.05, 4.69) is 22.0 Å². The molecule has 8 heteroatoms. The van der Waals surface area contributed by atoms with Gasteiger partial charge < -0.3 is 5.11 Å². The van der Waals surface area contributed by atoms with Crippen LogP contribution in [0.5, 0.6) is 0 Å². The average Bonchev–Trinajstić information content (AvgIpc) is 3.22. The predicted octanol–water partition coefficient (Wildman–Crippen LogP) is 1.90. The molecule has 2 N–H and O–H groups in total. The van der Waals surface area contributed by atoms with Crippen molar-refractivity contribution in [1.29, 1.82) is 0 Å². The van der Waals surface area contributed by atoms with Gasteiger partial charge in [0.25, 0.3) is 0 Å². The smallest absolute Gasteiger partial charge is 0.355 e. The van der Waals surface area contributed by atoms with E-state index in [1.807, 2.05) is 26.0 Å². The van der Waals surface area contributed by atoms with E-state index in [0.717, 1.165) is 17.3 Å². The minimum atomic E-state index is -3.95. The lowest BCUT2D eigenvalue weighted by atomic mass is 10.0. The number of carbonyl (C=O) groups is 1. The summed E-state index contributed by atoms with van der Waals surface area (Å²) in [7, 11) is -2.54. The molecule has 7 nitrogen and oxygen atoms in total. The van der Waals surface area contributed by atoms with Crippen molar-refractivity contribution in [2.45, 2.75) is 37.1 Å². The Balaban J connectivity index is 1.75. The number of hydrogen-bond donors (Lipinski definition) is 2. The molecule has 1 fully saturated rings. The highest BCUT2D eigenvalue weighted by Gasteiger charge is 2.43. The molecule has 0 spiro atoms. The molecule has 0 radical (unpaired) electrons. The maximum atomic E-state index is 12.6. The van der Waals surface area contributed by atoms with E-state index in [1.165, 1.54) is 18.2 Å². The largest absolute Gasteiger partial charge is 0.476 e. The first-order chi connectivity index (χ1) is 11.7. The van der Waals surface area contributed by atoms with Gasteiger partial charge in [-0.3, -0.25) is 4.68 Å². The maximum Gasteiger partial charge on any atom is 0.355 e. The average molecular weight is 363 g/mol. The van der Waals surface area contributed by atoms with Gasteiger partial charge in [-0.15, -0.1) is 0 Å². The molecule has 3 rings (SSSR count). The van der Waals surface area contributed by atoms with Crippen molar-refractivity contribution in [1.82, 2.24) is 14.5 Å². The van der Waals surface area contributed by atoms with E-state index < -0.39 is 16.0 Å². The van der Waals surface area contributed by atoms with Gasteiger partial charge in [0.15, 0.2) is 5.69 Å². The first-order valence-electron chi connectivity index (χ1n) is 8.05. The third-order valence-corrected chi connectivity index (χ3v) is 6.25. The number of aryl methyl sites for hydroxylation is 2. The Morgan fingerprint density at radius 3 is 2.80 bits per heavy atom. The SMILES string of the molecule is Cc1cccc(C2CC2C(C)NS(=O)(=O)c2cnn(C)c2C(=O)O)c1. The van der Waals surface area contributed by atoms with Gasteiger partial charge in [0, 0.05) is 13.1 Å². The number of sulfonamides is 1. The van der Waals surface area contributed by atoms with Crippen LogP contribution < -0.4 is 4.72 Å². The zero-order valence-electron chi connectivity index (χ0n) is 14.3. The second-order valence-corrected chi connectivity index (χ2v) is 8.30. The monoisotopic (exact) mass is 363 g/mol. The highest BCUT2D eigenvalue weighted by atomic mass is 32.2. The number of nitrogens with one attached hydrogen (secondary N) is 1. The van der Waals surface area contributed by atoms with Crippen LogP contribution in [0.1, 0.15) is 40.9 Å². The van der Waals surface area contributed by atoms with Crippen molar-refractivity contribution in [3.05, 3.63) is 47.3 Å². The zero-order valence-corrected chi connectivity index (χ0v) is 15.1. The highest BCUT2D eigenvalue weighted by molar-refractivity contribution is 7.89. The zero-order chi connectivity index (χ0) is 18.4. The molecular formula is C17H21N3O4S. The van der Waals surface area contributed by atoms with E-state index in [9.17, 15) is 18.3 Å². The van der Waals surface area contributed by atoms with Gasteiger partial charge in [0.2, 0.25) is 10.0 Å². The highest BCUT2D eigenvalue weighted by Crippen LogP contribution is 2.49. The van der Waals surface area contributed by atoms with Crippen molar-refractivity contribution < 1.29 is 18.3 Å². The quantitative estimate of drug-likeness (QED) is 0.816. The summed E-state index contributed by atoms with van der Waals surface area (Å²) in [6.07, 6.45) is 1.98. The van der Waals surface area contributed by atoms with E-state index in [0.29, 0.717) is 5.92 Å². The van der Waals surface area contributed by atoms with Crippen molar-refractivity contribution in [2.75, 3.05) is 0 Å². The Hall–Kier alpha value is -2.19. The summed E-state index contributed by atoms with van der Waals surface area (Å²) < 4.78 is 28.8. The second-order valence-electron chi connectivity index (χ2n) is 6.62. The second kappa shape index (κ2) is 6.27. The lowest BCUT2D eigenvalue weighted by Gasteiger charge is -2.14. The van der Waals surface area contributed by atoms with Crippen LogP contribution in [0.4, 0.5) is 0 Å². The molecule has 1 aliphatic rings. The molecule has 0 aliphatic heterocycles. The number of aromatic nitrogens is 2. The first kappa shape index (κ1) is 17.6. The van der Waals surface area contributed by atoms with Crippen LogP contribution in [0.2, 0.25) is 0 Å². The maximum absolute atomic E-state index is 12.6. The summed E-state index contributed by atoms with van der Waals surface area (Å²) >= 11 is 0. The predicted molar refractivity (Wildman–Crippen MR) is 92.0 cm³/mol. The molecule has 25 heavy (non-hydrogen) atoms. The number of carboxylic acid groups (broad SMARTS) is 1. The number of carboxylic acids is 1. The van der Waals surface area contributed by atoms with Crippen LogP contribution in [0, 0.1) is 12.8 Å². The van der Waals surface area contributed by atoms with Crippen LogP contribution in [0.25, 0.3) is 0 Å². The van der Waals surface area contributed by atoms with E-state index >= 15 is 0 Å². The molecule has 0 saturated heterocycles. The van der Waals surface area contributed by atoms with Crippen molar-refractivity contribution in [3.8, 4) is 0 Å². The lowest BCUT2D eigenvalue weighted by Crippen LogP contribution is -2.35. The Morgan fingerprint density at radius 2 is 2.16 bits per heavy atom. The van der Waals surface area contributed by atoms with Crippen molar-refractivity contribution in [3.63, 3.8) is 0 Å². The summed E-state index contributed by atoms with van der Waals surface area (Å²) in [4.78, 5) is 11.0. The van der Waals surface area contributed by atoms with Gasteiger partial charge in [-0.25, -0.2) is 17.9 Å². The number of rotatable bonds is 6. The molecule has 1 aliphatic carbocycles. The molecule has 134 valence electrons. The van der Waals surface area contributed by atoms with Gasteiger partial charge in [-0.2, -0.15) is 5.10 Å². The summed E-state index contributed by atoms with van der Waals surface area (Å²) in [5.41, 5.74) is 2.05. The van der Waals surface area contributed by atoms with Crippen molar-refractivity contribution in [2.24, 2.45) is 13.0 Å². The van der Waals surface area contributed by atoms with Crippen molar-refractivity contribution >= 4 is 16.0 Å². The van der Waals surface area contributed by atoms with Crippen LogP contribution in [0.3, 0.4) is 0 Å². The first-order valence-corrected chi connectivity index (χ1v) is 9.53. The number of aromatic carboxylic acids is 1. The standard InChI is InChI=1S/C17H21N3O4S/c1-10-5-4-6-12(7-10)14-8-13(14)11(2)19-25(23,24)15-9-18-20(3)16(15)17(21)22/h4-7,9,11,13-14,19H,8H2,1-3H3,(H,21,22). The summed E-state index contributed by atoms with van der Waals surface area (Å²) in [6, 6.07) is 7.92. The Bertz CT molecular complexity index is 920. The molecular weight excluding hydrogens is 342 g/mol. The molecule has 3 atom stereocenters. The normalized spacial score (nSPS) is 21.1. The molecule has 0 bridgehead atoms. The molecule has 0 amide bonds. The Labute approximate surface area is 146 Å². The van der Waals surface area contributed by atoms with Crippen LogP contribution in [0.15, 0.2) is 35.4 Å². The number of nitrogens with zero attached hydrogens (tertiary/aromatic N) is 2. The van der Waals surface area contributed by atoms with Crippen LogP contribution >= 0.6 is 0 Å². The van der Waals surface area contributed by atoms with Crippen LogP contribution in [-0.2, 0) is 17.1 Å². The third kappa shape index (κ3) is 3.45. The molecule has 1 heterocycles. The van der Waals surface area contributed by atoms with Crippen LogP contribution in [-0.4, -0.2) is 35.3 Å². The number of hydrogen-bond acceptors (Lipinski definition) is 4. The molecule has 2 aromatic rings. The summed E-state index contributed by atoms with van der Waals surface area (Å²) in [5, 5.41) is 13.0. The lowest BCUT2D eigenvalue weighted by molar-refractivity contribution is 0.0680. The fraction of sp³-hybridized carbons (Fsp3) is 0.412. The minimum Gasteiger partial charge on any atom is -0.476 e. The van der Waals surface area contributed by atoms with E-state index in [-0.39, 0.29) is 22.5 Å². The Morgan fingerprint density at radius 1 is 1.44 bits per heavy atom. The minimum absolute atomic E-state index is 0.196. The number of benzene rings is 1. The molecule has 1 saturated carbocycles. The topological polar surface area (TPSA) is 101 Å². The Kier molecular flexibility index (Phi) is 4.42. The third-order valence-electron chi connectivity index (χ3n) is 4.69. The van der Waals surface area contributed by atoms with Gasteiger partial charge in [0.05, 0.1) is 6.20 Å². The van der Waals surface area contributed by atoms with E-state index in [4.69, 9.17) is 0 Å². The van der Waals surface area contributed by atoms with Gasteiger partial charge >= 0.3 is 5.97 Å². The molecule has 3 unspecified atom stereocenters. The molecule has 1 aromatic heterocycles. The van der Waals surface area contributed by atoms with E-state index in [1.54, 1.807) is 0 Å². The van der Waals surface area contributed by atoms with Gasteiger partial charge in [-0.1, -0.05) is 29.8 Å². The fourth-order valence-corrected chi connectivity index (χ4v) is 4.76. The summed E-state index contributed by atoms with van der Waals surface area (Å²) in [5.74, 6) is -0.802. The molecule has 1 aromatic carbocycles. The van der Waals surface area contributed by atoms with Gasteiger partial charge in [0.1, 0.15) is 4.90 Å². The summed E-state index contributed by atoms with van der Waals surface area (Å²) in [6.45, 7) is 3.84. The van der Waals surface area contributed by atoms with Gasteiger partial charge in [-0.05, 0) is 37.7 Å².